The second kappa shape index (κ2) is 8.28. The minimum absolute atomic E-state index is 0.0470. The summed E-state index contributed by atoms with van der Waals surface area (Å²) in [7, 11) is 0. The van der Waals surface area contributed by atoms with Crippen LogP contribution in [-0.2, 0) is 6.42 Å². The third kappa shape index (κ3) is 3.66. The molecule has 166 valence electrons. The van der Waals surface area contributed by atoms with Gasteiger partial charge in [0.15, 0.2) is 0 Å². The molecule has 4 N–H and O–H groups in total. The molecule has 0 saturated carbocycles. The number of para-hydroxylation sites is 1. The first-order valence-electron chi connectivity index (χ1n) is 10.9. The summed E-state index contributed by atoms with van der Waals surface area (Å²) in [5, 5.41) is 11.9. The Kier molecular flexibility index (Phi) is 4.96. The van der Waals surface area contributed by atoms with Gasteiger partial charge in [0.25, 0.3) is 0 Å². The fourth-order valence-corrected chi connectivity index (χ4v) is 4.69. The third-order valence-corrected chi connectivity index (χ3v) is 6.25. The predicted molar refractivity (Wildman–Crippen MR) is 135 cm³/mol. The Morgan fingerprint density at radius 1 is 0.853 bits per heavy atom. The molecule has 0 aliphatic heterocycles. The van der Waals surface area contributed by atoms with Crippen LogP contribution in [0.5, 0.6) is 0 Å². The van der Waals surface area contributed by atoms with E-state index in [1.54, 1.807) is 0 Å². The van der Waals surface area contributed by atoms with Gasteiger partial charge in [-0.3, -0.25) is 0 Å². The Bertz CT molecular complexity index is 1620. The van der Waals surface area contributed by atoms with E-state index in [9.17, 15) is 0 Å². The molecule has 0 radical (unpaired) electrons. The molecule has 3 aromatic heterocycles. The highest BCUT2D eigenvalue weighted by molar-refractivity contribution is 6.30. The monoisotopic (exact) mass is 465 g/mol. The fourth-order valence-electron chi connectivity index (χ4n) is 4.50. The van der Waals surface area contributed by atoms with Crippen LogP contribution in [0.1, 0.15) is 22.9 Å². The van der Waals surface area contributed by atoms with Crippen molar-refractivity contribution in [2.75, 3.05) is 5.73 Å². The zero-order valence-electron chi connectivity index (χ0n) is 18.0. The van der Waals surface area contributed by atoms with Gasteiger partial charge in [0, 0.05) is 22.9 Å². The number of nitrogens with one attached hydrogen (secondary N) is 2. The molecule has 0 spiro atoms. The highest BCUT2D eigenvalue weighted by Gasteiger charge is 2.22. The highest BCUT2D eigenvalue weighted by Crippen LogP contribution is 2.34. The largest absolute Gasteiger partial charge is 0.384 e. The number of anilines is 1. The number of H-pyrrole nitrogens is 2. The van der Waals surface area contributed by atoms with Crippen LogP contribution >= 0.6 is 11.6 Å². The SMILES string of the molecule is Nc1cc([C@H](Cc2nc3c(-c4cccc(Cl)c4)cccc3[nH]2)c2ccccc2)c2n[nH]nc2n1. The Labute approximate surface area is 200 Å². The molecule has 6 aromatic rings. The van der Waals surface area contributed by atoms with Crippen molar-refractivity contribution in [3.05, 3.63) is 101 Å². The lowest BCUT2D eigenvalue weighted by atomic mass is 9.88. The zero-order valence-corrected chi connectivity index (χ0v) is 18.8. The summed E-state index contributed by atoms with van der Waals surface area (Å²) < 4.78 is 0. The van der Waals surface area contributed by atoms with Gasteiger partial charge in [-0.25, -0.2) is 9.97 Å². The number of aromatic nitrogens is 6. The summed E-state index contributed by atoms with van der Waals surface area (Å²) >= 11 is 6.25. The van der Waals surface area contributed by atoms with Crippen molar-refractivity contribution in [3.8, 4) is 11.1 Å². The van der Waals surface area contributed by atoms with E-state index in [1.165, 1.54) is 0 Å². The maximum Gasteiger partial charge on any atom is 0.203 e. The minimum atomic E-state index is -0.0470. The van der Waals surface area contributed by atoms with Gasteiger partial charge in [-0.05, 0) is 41.0 Å². The summed E-state index contributed by atoms with van der Waals surface area (Å²) in [6.07, 6.45) is 0.624. The number of pyridine rings is 1. The molecule has 0 aliphatic carbocycles. The van der Waals surface area contributed by atoms with Crippen molar-refractivity contribution in [1.82, 2.24) is 30.4 Å². The quantitative estimate of drug-likeness (QED) is 0.311. The smallest absolute Gasteiger partial charge is 0.203 e. The number of rotatable bonds is 5. The maximum atomic E-state index is 6.25. The number of halogens is 1. The molecular weight excluding hydrogens is 446 g/mol. The molecule has 0 amide bonds. The number of aromatic amines is 2. The molecular formula is C26H20ClN7. The topological polar surface area (TPSA) is 109 Å². The number of imidazole rings is 1. The van der Waals surface area contributed by atoms with Crippen LogP contribution in [0.3, 0.4) is 0 Å². The van der Waals surface area contributed by atoms with Crippen LogP contribution in [0.15, 0.2) is 78.9 Å². The van der Waals surface area contributed by atoms with Gasteiger partial charge >= 0.3 is 0 Å². The van der Waals surface area contributed by atoms with Crippen molar-refractivity contribution in [2.45, 2.75) is 12.3 Å². The molecule has 34 heavy (non-hydrogen) atoms. The van der Waals surface area contributed by atoms with Gasteiger partial charge in [0.2, 0.25) is 5.65 Å². The fraction of sp³-hybridized carbons (Fsp3) is 0.0769. The standard InChI is InChI=1S/C26H20ClN7/c27-17-9-4-8-16(12-17)18-10-5-11-21-24(18)31-23(29-21)14-19(15-6-2-1-3-7-15)20-13-22(28)30-26-25(20)32-34-33-26/h1-13,19H,14H2,(H,29,31)(H3,28,30,32,33,34)/t19-/m1/s1. The van der Waals surface area contributed by atoms with Gasteiger partial charge in [-0.1, -0.05) is 66.2 Å². The van der Waals surface area contributed by atoms with Gasteiger partial charge in [0.1, 0.15) is 17.2 Å². The normalized spacial score (nSPS) is 12.4. The van der Waals surface area contributed by atoms with Crippen molar-refractivity contribution in [3.63, 3.8) is 0 Å². The molecule has 0 saturated heterocycles. The lowest BCUT2D eigenvalue weighted by Crippen LogP contribution is -2.08. The van der Waals surface area contributed by atoms with E-state index in [2.05, 4.69) is 43.6 Å². The number of nitrogens with two attached hydrogens (primary N) is 1. The summed E-state index contributed by atoms with van der Waals surface area (Å²) in [5.41, 5.74) is 13.4. The summed E-state index contributed by atoms with van der Waals surface area (Å²) in [5.74, 6) is 1.23. The number of hydrogen-bond donors (Lipinski definition) is 3. The molecule has 3 aromatic carbocycles. The van der Waals surface area contributed by atoms with E-state index in [4.69, 9.17) is 22.3 Å². The van der Waals surface area contributed by atoms with Crippen LogP contribution in [0.4, 0.5) is 5.82 Å². The summed E-state index contributed by atoms with van der Waals surface area (Å²) in [6.45, 7) is 0. The molecule has 0 bridgehead atoms. The van der Waals surface area contributed by atoms with Crippen molar-refractivity contribution in [2.24, 2.45) is 0 Å². The number of nitrogen functional groups attached to an aromatic ring is 1. The van der Waals surface area contributed by atoms with Gasteiger partial charge < -0.3 is 10.7 Å². The minimum Gasteiger partial charge on any atom is -0.384 e. The Balaban J connectivity index is 1.47. The van der Waals surface area contributed by atoms with E-state index in [0.717, 1.165) is 39.1 Å². The molecule has 0 unspecified atom stereocenters. The van der Waals surface area contributed by atoms with Crippen molar-refractivity contribution >= 4 is 39.6 Å². The third-order valence-electron chi connectivity index (χ3n) is 6.01. The average Bonchev–Trinajstić information content (AvgIpc) is 3.49. The lowest BCUT2D eigenvalue weighted by Gasteiger charge is -2.17. The number of fused-ring (bicyclic) bond motifs is 2. The Morgan fingerprint density at radius 2 is 1.71 bits per heavy atom. The average molecular weight is 466 g/mol. The molecule has 0 aliphatic rings. The Hall–Kier alpha value is -4.23. The first kappa shape index (κ1) is 20.4. The van der Waals surface area contributed by atoms with Crippen LogP contribution < -0.4 is 5.73 Å². The van der Waals surface area contributed by atoms with E-state index >= 15 is 0 Å². The first-order chi connectivity index (χ1) is 16.7. The van der Waals surface area contributed by atoms with Crippen LogP contribution in [0, 0.1) is 0 Å². The summed E-state index contributed by atoms with van der Waals surface area (Å²) in [6, 6.07) is 26.1. The van der Waals surface area contributed by atoms with E-state index in [0.29, 0.717) is 28.4 Å². The molecule has 7 nitrogen and oxygen atoms in total. The second-order valence-electron chi connectivity index (χ2n) is 8.20. The molecule has 1 atom stereocenters. The molecule has 6 rings (SSSR count). The number of hydrogen-bond acceptors (Lipinski definition) is 5. The van der Waals surface area contributed by atoms with Crippen LogP contribution in [-0.4, -0.2) is 30.4 Å². The van der Waals surface area contributed by atoms with E-state index in [1.807, 2.05) is 60.7 Å². The van der Waals surface area contributed by atoms with Gasteiger partial charge in [-0.15, -0.1) is 5.10 Å². The molecule has 0 fully saturated rings. The van der Waals surface area contributed by atoms with Crippen LogP contribution in [0.25, 0.3) is 33.3 Å². The Morgan fingerprint density at radius 3 is 2.56 bits per heavy atom. The van der Waals surface area contributed by atoms with Gasteiger partial charge in [0.05, 0.1) is 11.0 Å². The number of benzene rings is 3. The maximum absolute atomic E-state index is 6.25. The second-order valence-corrected chi connectivity index (χ2v) is 8.63. The molecule has 8 heteroatoms. The first-order valence-corrected chi connectivity index (χ1v) is 11.3. The zero-order chi connectivity index (χ0) is 23.1. The van der Waals surface area contributed by atoms with Crippen molar-refractivity contribution < 1.29 is 0 Å². The highest BCUT2D eigenvalue weighted by atomic mass is 35.5. The predicted octanol–water partition coefficient (Wildman–Crippen LogP) is 5.51. The van der Waals surface area contributed by atoms with Crippen LogP contribution in [0.2, 0.25) is 5.02 Å². The van der Waals surface area contributed by atoms with Crippen molar-refractivity contribution in [1.29, 1.82) is 0 Å². The van der Waals surface area contributed by atoms with E-state index in [-0.39, 0.29) is 5.92 Å². The van der Waals surface area contributed by atoms with E-state index < -0.39 is 0 Å². The lowest BCUT2D eigenvalue weighted by molar-refractivity contribution is 0.771. The molecule has 3 heterocycles. The number of nitrogens with zero attached hydrogens (tertiary/aromatic N) is 4. The summed E-state index contributed by atoms with van der Waals surface area (Å²) in [4.78, 5) is 12.8. The van der Waals surface area contributed by atoms with Gasteiger partial charge in [-0.2, -0.15) is 10.3 Å².